The number of rotatable bonds is 7. The van der Waals surface area contributed by atoms with E-state index in [1.807, 2.05) is 45.0 Å². The first kappa shape index (κ1) is 22.3. The van der Waals surface area contributed by atoms with Crippen LogP contribution in [0.1, 0.15) is 55.6 Å². The molecular weight excluding hydrogens is 428 g/mol. The summed E-state index contributed by atoms with van der Waals surface area (Å²) < 4.78 is 5.57. The maximum atomic E-state index is 13.2. The Hall–Kier alpha value is -2.86. The minimum atomic E-state index is -0.383. The molecule has 2 atom stereocenters. The zero-order valence-corrected chi connectivity index (χ0v) is 19.2. The molecule has 0 radical (unpaired) electrons. The number of nitrogens with one attached hydrogen (secondary N) is 1. The van der Waals surface area contributed by atoms with Gasteiger partial charge in [-0.1, -0.05) is 50.6 Å². The molecule has 7 heteroatoms. The molecule has 0 saturated carbocycles. The molecule has 1 fully saturated rings. The summed E-state index contributed by atoms with van der Waals surface area (Å²) in [6.45, 7) is 6.43. The molecule has 2 unspecified atom stereocenters. The Morgan fingerprint density at radius 1 is 1.22 bits per heavy atom. The maximum absolute atomic E-state index is 13.2. The molecule has 2 aromatic carbocycles. The van der Waals surface area contributed by atoms with Gasteiger partial charge in [0.15, 0.2) is 12.4 Å². The number of carbonyl (C=O) groups is 3. The lowest BCUT2D eigenvalue weighted by molar-refractivity contribution is -0.123. The normalized spacial score (nSPS) is 19.3. The first-order valence-electron chi connectivity index (χ1n) is 11.0. The fourth-order valence-electron chi connectivity index (χ4n) is 4.71. The number of Topliss-reactive ketones (excluding diaryl/α,β-unsaturated/α-hetero) is 1. The number of halogens is 1. The highest BCUT2D eigenvalue weighted by atomic mass is 35.5. The van der Waals surface area contributed by atoms with Crippen molar-refractivity contribution in [2.75, 3.05) is 13.2 Å². The van der Waals surface area contributed by atoms with E-state index in [1.165, 1.54) is 0 Å². The van der Waals surface area contributed by atoms with Gasteiger partial charge in [0.2, 0.25) is 0 Å². The molecule has 1 N–H and O–H groups in total. The topological polar surface area (TPSA) is 75.7 Å². The Morgan fingerprint density at radius 3 is 2.66 bits per heavy atom. The van der Waals surface area contributed by atoms with E-state index in [0.29, 0.717) is 29.3 Å². The van der Waals surface area contributed by atoms with E-state index in [9.17, 15) is 14.4 Å². The second-order valence-electron chi connectivity index (χ2n) is 8.64. The fraction of sp³-hybridized carbons (Fsp3) is 0.400. The molecule has 0 aromatic heterocycles. The standard InChI is InChI=1S/C25H27ClN2O4/c1-4-10-27-22(30)13-32-21-9-8-15(11-18(21)26)16-6-5-7-17-23(16)19-12-20(29)24(14(2)3)28(19)25(17)31/h5-9,11,14,19,24H,4,10,12-13H2,1-3H3,(H,27,30). The van der Waals surface area contributed by atoms with Crippen molar-refractivity contribution in [3.05, 3.63) is 52.5 Å². The molecule has 6 nitrogen and oxygen atoms in total. The summed E-state index contributed by atoms with van der Waals surface area (Å²) in [5, 5.41) is 3.14. The van der Waals surface area contributed by atoms with Crippen LogP contribution in [0.2, 0.25) is 5.02 Å². The smallest absolute Gasteiger partial charge is 0.257 e. The van der Waals surface area contributed by atoms with Crippen molar-refractivity contribution >= 4 is 29.2 Å². The SMILES string of the molecule is CCCNC(=O)COc1ccc(-c2cccc3c2C2CC(=O)C(C(C)C)N2C3=O)cc1Cl. The molecule has 2 aliphatic heterocycles. The average Bonchev–Trinajstić information content (AvgIpc) is 3.24. The lowest BCUT2D eigenvalue weighted by atomic mass is 9.91. The van der Waals surface area contributed by atoms with Gasteiger partial charge in [-0.25, -0.2) is 0 Å². The van der Waals surface area contributed by atoms with E-state index in [0.717, 1.165) is 23.1 Å². The second-order valence-corrected chi connectivity index (χ2v) is 9.05. The zero-order chi connectivity index (χ0) is 23.0. The first-order valence-corrected chi connectivity index (χ1v) is 11.4. The van der Waals surface area contributed by atoms with Gasteiger partial charge in [0.1, 0.15) is 5.75 Å². The number of hydrogen-bond donors (Lipinski definition) is 1. The van der Waals surface area contributed by atoms with Crippen molar-refractivity contribution in [1.82, 2.24) is 10.2 Å². The molecular formula is C25H27ClN2O4. The lowest BCUT2D eigenvalue weighted by Gasteiger charge is -2.26. The van der Waals surface area contributed by atoms with Gasteiger partial charge in [-0.05, 0) is 47.2 Å². The number of benzene rings is 2. The highest BCUT2D eigenvalue weighted by Gasteiger charge is 2.51. The van der Waals surface area contributed by atoms with E-state index >= 15 is 0 Å². The average molecular weight is 455 g/mol. The molecule has 1 saturated heterocycles. The molecule has 2 amide bonds. The van der Waals surface area contributed by atoms with Gasteiger partial charge in [-0.15, -0.1) is 0 Å². The minimum Gasteiger partial charge on any atom is -0.482 e. The lowest BCUT2D eigenvalue weighted by Crippen LogP contribution is -2.39. The molecule has 0 spiro atoms. The van der Waals surface area contributed by atoms with Crippen LogP contribution in [0.4, 0.5) is 0 Å². The van der Waals surface area contributed by atoms with Gasteiger partial charge < -0.3 is 15.0 Å². The summed E-state index contributed by atoms with van der Waals surface area (Å²) >= 11 is 6.46. The zero-order valence-electron chi connectivity index (χ0n) is 18.5. The van der Waals surface area contributed by atoms with Crippen LogP contribution in [-0.4, -0.2) is 41.7 Å². The number of hydrogen-bond acceptors (Lipinski definition) is 4. The Kier molecular flexibility index (Phi) is 6.24. The molecule has 0 bridgehead atoms. The Balaban J connectivity index is 1.62. The third-order valence-electron chi connectivity index (χ3n) is 6.07. The van der Waals surface area contributed by atoms with Gasteiger partial charge in [-0.2, -0.15) is 0 Å². The molecule has 0 aliphatic carbocycles. The third kappa shape index (κ3) is 3.88. The molecule has 2 aromatic rings. The third-order valence-corrected chi connectivity index (χ3v) is 6.36. The highest BCUT2D eigenvalue weighted by Crippen LogP contribution is 2.48. The molecule has 2 aliphatic rings. The summed E-state index contributed by atoms with van der Waals surface area (Å²) in [7, 11) is 0. The summed E-state index contributed by atoms with van der Waals surface area (Å²) in [6.07, 6.45) is 1.19. The summed E-state index contributed by atoms with van der Waals surface area (Å²) in [5.74, 6) is 0.317. The van der Waals surface area contributed by atoms with Gasteiger partial charge in [-0.3, -0.25) is 14.4 Å². The number of ketones is 1. The van der Waals surface area contributed by atoms with Crippen LogP contribution in [0, 0.1) is 5.92 Å². The first-order chi connectivity index (χ1) is 15.3. The van der Waals surface area contributed by atoms with E-state index < -0.39 is 0 Å². The van der Waals surface area contributed by atoms with Crippen molar-refractivity contribution in [3.63, 3.8) is 0 Å². The fourth-order valence-corrected chi connectivity index (χ4v) is 4.94. The monoisotopic (exact) mass is 454 g/mol. The number of ether oxygens (including phenoxy) is 1. The van der Waals surface area contributed by atoms with Crippen molar-refractivity contribution < 1.29 is 19.1 Å². The van der Waals surface area contributed by atoms with Gasteiger partial charge in [0.05, 0.1) is 17.1 Å². The molecule has 32 heavy (non-hydrogen) atoms. The number of nitrogens with zero attached hydrogens (tertiary/aromatic N) is 1. The van der Waals surface area contributed by atoms with Crippen LogP contribution in [0.5, 0.6) is 5.75 Å². The van der Waals surface area contributed by atoms with Crippen LogP contribution < -0.4 is 10.1 Å². The van der Waals surface area contributed by atoms with E-state index in [1.54, 1.807) is 17.0 Å². The van der Waals surface area contributed by atoms with E-state index in [4.69, 9.17) is 16.3 Å². The molecule has 4 rings (SSSR count). The summed E-state index contributed by atoms with van der Waals surface area (Å²) in [6, 6.07) is 10.4. The Bertz CT molecular complexity index is 1080. The summed E-state index contributed by atoms with van der Waals surface area (Å²) in [4.78, 5) is 39.4. The molecule has 2 heterocycles. The van der Waals surface area contributed by atoms with Crippen molar-refractivity contribution in [2.24, 2.45) is 5.92 Å². The van der Waals surface area contributed by atoms with Crippen LogP contribution in [0.15, 0.2) is 36.4 Å². The van der Waals surface area contributed by atoms with Crippen molar-refractivity contribution in [2.45, 2.75) is 45.7 Å². The quantitative estimate of drug-likeness (QED) is 0.672. The predicted molar refractivity (Wildman–Crippen MR) is 123 cm³/mol. The highest BCUT2D eigenvalue weighted by molar-refractivity contribution is 6.32. The maximum Gasteiger partial charge on any atom is 0.257 e. The van der Waals surface area contributed by atoms with Crippen LogP contribution >= 0.6 is 11.6 Å². The number of carbonyl (C=O) groups excluding carboxylic acids is 3. The van der Waals surface area contributed by atoms with Gasteiger partial charge >= 0.3 is 0 Å². The minimum absolute atomic E-state index is 0.0645. The largest absolute Gasteiger partial charge is 0.482 e. The van der Waals surface area contributed by atoms with Crippen LogP contribution in [0.25, 0.3) is 11.1 Å². The number of amides is 2. The Morgan fingerprint density at radius 2 is 1.97 bits per heavy atom. The van der Waals surface area contributed by atoms with Crippen molar-refractivity contribution in [3.8, 4) is 16.9 Å². The Labute approximate surface area is 192 Å². The predicted octanol–water partition coefficient (Wildman–Crippen LogP) is 4.41. The molecule has 168 valence electrons. The van der Waals surface area contributed by atoms with Gasteiger partial charge in [0, 0.05) is 18.5 Å². The van der Waals surface area contributed by atoms with Crippen LogP contribution in [-0.2, 0) is 9.59 Å². The summed E-state index contributed by atoms with van der Waals surface area (Å²) in [5.41, 5.74) is 3.26. The van der Waals surface area contributed by atoms with E-state index in [-0.39, 0.29) is 42.2 Å². The second kappa shape index (κ2) is 8.94. The van der Waals surface area contributed by atoms with Crippen LogP contribution in [0.3, 0.4) is 0 Å². The number of fused-ring (bicyclic) bond motifs is 3. The van der Waals surface area contributed by atoms with E-state index in [2.05, 4.69) is 5.32 Å². The van der Waals surface area contributed by atoms with Gasteiger partial charge in [0.25, 0.3) is 11.8 Å². The van der Waals surface area contributed by atoms with Crippen molar-refractivity contribution in [1.29, 1.82) is 0 Å².